The number of carbonyl (C=O) groups is 1. The molecule has 0 bridgehead atoms. The maximum atomic E-state index is 11.9. The Morgan fingerprint density at radius 3 is 3.00 bits per heavy atom. The van der Waals surface area contributed by atoms with Crippen molar-refractivity contribution >= 4 is 32.4 Å². The number of thiazole rings is 1. The van der Waals surface area contributed by atoms with E-state index < -0.39 is 10.0 Å². The van der Waals surface area contributed by atoms with Crippen molar-refractivity contribution in [1.29, 1.82) is 0 Å². The van der Waals surface area contributed by atoms with E-state index in [1.165, 1.54) is 28.2 Å². The van der Waals surface area contributed by atoms with Crippen LogP contribution in [-0.2, 0) is 23.0 Å². The molecule has 3 heterocycles. The zero-order valence-electron chi connectivity index (χ0n) is 11.2. The minimum atomic E-state index is -3.21. The number of amides is 1. The number of hydrogen-bond donors (Lipinski definition) is 1. The third-order valence-electron chi connectivity index (χ3n) is 3.13. The molecular formula is C12H13N3O4S2. The molecular weight excluding hydrogens is 314 g/mol. The topological polar surface area (TPSA) is 92.5 Å². The molecule has 0 radical (unpaired) electrons. The fraction of sp³-hybridized carbons (Fsp3) is 0.333. The lowest BCUT2D eigenvalue weighted by atomic mass is 10.2. The minimum Gasteiger partial charge on any atom is -0.459 e. The Morgan fingerprint density at radius 2 is 2.33 bits per heavy atom. The molecule has 1 N–H and O–H groups in total. The third kappa shape index (κ3) is 2.99. The number of rotatable bonds is 3. The van der Waals surface area contributed by atoms with E-state index in [2.05, 4.69) is 10.3 Å². The van der Waals surface area contributed by atoms with E-state index in [1.807, 2.05) is 0 Å². The van der Waals surface area contributed by atoms with Crippen LogP contribution in [0.5, 0.6) is 0 Å². The van der Waals surface area contributed by atoms with E-state index >= 15 is 0 Å². The number of hydrogen-bond acceptors (Lipinski definition) is 6. The lowest BCUT2D eigenvalue weighted by Crippen LogP contribution is -2.34. The first-order valence-corrected chi connectivity index (χ1v) is 8.88. The number of furan rings is 1. The van der Waals surface area contributed by atoms with Gasteiger partial charge in [-0.3, -0.25) is 10.1 Å². The number of carbonyl (C=O) groups excluding carboxylic acids is 1. The van der Waals surface area contributed by atoms with Gasteiger partial charge in [0.05, 0.1) is 18.2 Å². The summed E-state index contributed by atoms with van der Waals surface area (Å²) in [4.78, 5) is 17.1. The van der Waals surface area contributed by atoms with Gasteiger partial charge in [0.25, 0.3) is 5.91 Å². The average Bonchev–Trinajstić information content (AvgIpc) is 3.05. The molecule has 1 amide bonds. The Bertz CT molecular complexity index is 765. The van der Waals surface area contributed by atoms with E-state index in [0.29, 0.717) is 24.6 Å². The molecule has 1 aliphatic rings. The molecule has 112 valence electrons. The largest absolute Gasteiger partial charge is 0.459 e. The summed E-state index contributed by atoms with van der Waals surface area (Å²) in [6.07, 6.45) is 3.17. The van der Waals surface area contributed by atoms with Crippen molar-refractivity contribution in [2.24, 2.45) is 0 Å². The van der Waals surface area contributed by atoms with Crippen LogP contribution in [0.4, 0.5) is 5.13 Å². The normalized spacial score (nSPS) is 15.7. The SMILES string of the molecule is CS(=O)(=O)N1CCc2nc(NC(=O)c3ccco3)sc2C1. The van der Waals surface area contributed by atoms with Gasteiger partial charge in [-0.2, -0.15) is 4.31 Å². The van der Waals surface area contributed by atoms with E-state index in [0.717, 1.165) is 10.6 Å². The predicted molar refractivity (Wildman–Crippen MR) is 77.7 cm³/mol. The Labute approximate surface area is 125 Å². The molecule has 2 aromatic heterocycles. The van der Waals surface area contributed by atoms with Crippen LogP contribution in [0.15, 0.2) is 22.8 Å². The van der Waals surface area contributed by atoms with Crippen LogP contribution in [-0.4, -0.2) is 36.4 Å². The van der Waals surface area contributed by atoms with Gasteiger partial charge in [-0.05, 0) is 12.1 Å². The number of aromatic nitrogens is 1. The Morgan fingerprint density at radius 1 is 1.52 bits per heavy atom. The monoisotopic (exact) mass is 327 g/mol. The summed E-state index contributed by atoms with van der Waals surface area (Å²) < 4.78 is 29.5. The molecule has 2 aromatic rings. The summed E-state index contributed by atoms with van der Waals surface area (Å²) >= 11 is 1.29. The second kappa shape index (κ2) is 5.24. The molecule has 3 rings (SSSR count). The first-order chi connectivity index (χ1) is 9.93. The van der Waals surface area contributed by atoms with Crippen molar-refractivity contribution in [3.8, 4) is 0 Å². The highest BCUT2D eigenvalue weighted by molar-refractivity contribution is 7.88. The first kappa shape index (κ1) is 14.2. The van der Waals surface area contributed by atoms with E-state index in [4.69, 9.17) is 4.42 Å². The van der Waals surface area contributed by atoms with Gasteiger partial charge >= 0.3 is 0 Å². The highest BCUT2D eigenvalue weighted by atomic mass is 32.2. The Hall–Kier alpha value is -1.71. The number of nitrogens with one attached hydrogen (secondary N) is 1. The van der Waals surface area contributed by atoms with Crippen molar-refractivity contribution in [3.63, 3.8) is 0 Å². The van der Waals surface area contributed by atoms with E-state index in [9.17, 15) is 13.2 Å². The fourth-order valence-corrected chi connectivity index (χ4v) is 3.96. The van der Waals surface area contributed by atoms with Crippen molar-refractivity contribution in [2.75, 3.05) is 18.1 Å². The molecule has 7 nitrogen and oxygen atoms in total. The Balaban J connectivity index is 1.76. The standard InChI is InChI=1S/C12H13N3O4S2/c1-21(17,18)15-5-4-8-10(7-15)20-12(13-8)14-11(16)9-3-2-6-19-9/h2-3,6H,4-5,7H2,1H3,(H,13,14,16). The van der Waals surface area contributed by atoms with Gasteiger partial charge in [0, 0.05) is 24.4 Å². The highest BCUT2D eigenvalue weighted by Crippen LogP contribution is 2.29. The van der Waals surface area contributed by atoms with Crippen LogP contribution in [0.3, 0.4) is 0 Å². The van der Waals surface area contributed by atoms with Gasteiger partial charge in [-0.15, -0.1) is 11.3 Å². The summed E-state index contributed by atoms with van der Waals surface area (Å²) in [5.41, 5.74) is 0.842. The fourth-order valence-electron chi connectivity index (χ4n) is 2.08. The molecule has 1 aliphatic heterocycles. The predicted octanol–water partition coefficient (Wildman–Crippen LogP) is 1.31. The summed E-state index contributed by atoms with van der Waals surface area (Å²) in [6, 6.07) is 3.19. The zero-order valence-corrected chi connectivity index (χ0v) is 12.8. The molecule has 0 aliphatic carbocycles. The van der Waals surface area contributed by atoms with Crippen LogP contribution in [0.2, 0.25) is 0 Å². The third-order valence-corrected chi connectivity index (χ3v) is 5.38. The number of anilines is 1. The van der Waals surface area contributed by atoms with Gasteiger partial charge in [-0.25, -0.2) is 13.4 Å². The molecule has 21 heavy (non-hydrogen) atoms. The van der Waals surface area contributed by atoms with Gasteiger partial charge < -0.3 is 4.42 Å². The molecule has 0 fully saturated rings. The maximum Gasteiger partial charge on any atom is 0.293 e. The van der Waals surface area contributed by atoms with Gasteiger partial charge in [0.2, 0.25) is 10.0 Å². The molecule has 0 unspecified atom stereocenters. The van der Waals surface area contributed by atoms with Gasteiger partial charge in [0.15, 0.2) is 10.9 Å². The number of nitrogens with zero attached hydrogens (tertiary/aromatic N) is 2. The second-order valence-corrected chi connectivity index (χ2v) is 7.73. The van der Waals surface area contributed by atoms with Crippen molar-refractivity contribution in [1.82, 2.24) is 9.29 Å². The molecule has 0 spiro atoms. The lowest BCUT2D eigenvalue weighted by Gasteiger charge is -2.23. The van der Waals surface area contributed by atoms with Gasteiger partial charge in [-0.1, -0.05) is 0 Å². The number of sulfonamides is 1. The van der Waals surface area contributed by atoms with Crippen LogP contribution in [0.1, 0.15) is 21.1 Å². The average molecular weight is 327 g/mol. The molecule has 0 aromatic carbocycles. The van der Waals surface area contributed by atoms with Crippen LogP contribution < -0.4 is 5.32 Å². The molecule has 0 atom stereocenters. The van der Waals surface area contributed by atoms with Crippen molar-refractivity contribution in [2.45, 2.75) is 13.0 Å². The maximum absolute atomic E-state index is 11.9. The van der Waals surface area contributed by atoms with E-state index in [1.54, 1.807) is 12.1 Å². The molecule has 0 saturated carbocycles. The Kier molecular flexibility index (Phi) is 3.56. The minimum absolute atomic E-state index is 0.209. The zero-order chi connectivity index (χ0) is 15.0. The smallest absolute Gasteiger partial charge is 0.293 e. The van der Waals surface area contributed by atoms with Crippen molar-refractivity contribution < 1.29 is 17.6 Å². The summed E-state index contributed by atoms with van der Waals surface area (Å²) in [6.45, 7) is 0.726. The lowest BCUT2D eigenvalue weighted by molar-refractivity contribution is 0.0996. The number of fused-ring (bicyclic) bond motifs is 1. The van der Waals surface area contributed by atoms with Gasteiger partial charge in [0.1, 0.15) is 0 Å². The molecule has 0 saturated heterocycles. The van der Waals surface area contributed by atoms with Crippen LogP contribution >= 0.6 is 11.3 Å². The quantitative estimate of drug-likeness (QED) is 0.917. The summed E-state index contributed by atoms with van der Waals surface area (Å²) in [7, 11) is -3.21. The molecule has 9 heteroatoms. The summed E-state index contributed by atoms with van der Waals surface area (Å²) in [5.74, 6) is -0.160. The van der Waals surface area contributed by atoms with Crippen LogP contribution in [0, 0.1) is 0 Å². The second-order valence-electron chi connectivity index (χ2n) is 4.67. The highest BCUT2D eigenvalue weighted by Gasteiger charge is 2.26. The van der Waals surface area contributed by atoms with Crippen LogP contribution in [0.25, 0.3) is 0 Å². The van der Waals surface area contributed by atoms with E-state index in [-0.39, 0.29) is 11.7 Å². The van der Waals surface area contributed by atoms with Crippen molar-refractivity contribution in [3.05, 3.63) is 34.7 Å². The first-order valence-electron chi connectivity index (χ1n) is 6.22. The summed E-state index contributed by atoms with van der Waals surface area (Å²) in [5, 5.41) is 3.12.